The van der Waals surface area contributed by atoms with Crippen molar-refractivity contribution in [1.82, 2.24) is 4.72 Å². The van der Waals surface area contributed by atoms with E-state index in [1.54, 1.807) is 13.8 Å². The lowest BCUT2D eigenvalue weighted by Crippen LogP contribution is -2.41. The summed E-state index contributed by atoms with van der Waals surface area (Å²) >= 11 is 3.09. The van der Waals surface area contributed by atoms with Crippen molar-refractivity contribution in [2.24, 2.45) is 11.7 Å². The number of primary amides is 1. The van der Waals surface area contributed by atoms with Crippen LogP contribution in [0.1, 0.15) is 30.6 Å². The molecule has 9 heteroatoms. The minimum Gasteiger partial charge on any atom is -0.480 e. The first-order valence-electron chi connectivity index (χ1n) is 6.38. The van der Waals surface area contributed by atoms with Gasteiger partial charge >= 0.3 is 5.97 Å². The molecular weight excluding hydrogens is 376 g/mol. The standard InChI is InChI=1S/C13H17BrN2O5S/c1-7(2)3-11(13(18)19)16-22(20,21)10-5-8(12(15)17)4-9(14)6-10/h4-7,11,16H,3H2,1-2H3,(H2,15,17)(H,18,19)/t11-/m1/s1. The van der Waals surface area contributed by atoms with Crippen molar-refractivity contribution < 1.29 is 23.1 Å². The second kappa shape index (κ2) is 7.21. The Morgan fingerprint density at radius 2 is 1.91 bits per heavy atom. The van der Waals surface area contributed by atoms with Crippen LogP contribution in [-0.4, -0.2) is 31.4 Å². The summed E-state index contributed by atoms with van der Waals surface area (Å²) in [4.78, 5) is 22.1. The molecule has 0 radical (unpaired) electrons. The van der Waals surface area contributed by atoms with Gasteiger partial charge in [-0.25, -0.2) is 8.42 Å². The van der Waals surface area contributed by atoms with Crippen LogP contribution >= 0.6 is 15.9 Å². The molecule has 0 aliphatic heterocycles. The molecule has 0 spiro atoms. The van der Waals surface area contributed by atoms with E-state index in [2.05, 4.69) is 20.7 Å². The summed E-state index contributed by atoms with van der Waals surface area (Å²) in [5, 5.41) is 9.12. The first kappa shape index (κ1) is 18.6. The van der Waals surface area contributed by atoms with E-state index in [-0.39, 0.29) is 22.8 Å². The molecule has 1 aromatic carbocycles. The zero-order chi connectivity index (χ0) is 17.1. The number of sulfonamides is 1. The van der Waals surface area contributed by atoms with Crippen molar-refractivity contribution in [3.8, 4) is 0 Å². The number of carboxylic acids is 1. The quantitative estimate of drug-likeness (QED) is 0.644. The third-order valence-corrected chi connectivity index (χ3v) is 4.68. The summed E-state index contributed by atoms with van der Waals surface area (Å²) in [5.41, 5.74) is 5.15. The van der Waals surface area contributed by atoms with Crippen LogP contribution in [0.2, 0.25) is 0 Å². The lowest BCUT2D eigenvalue weighted by molar-refractivity contribution is -0.139. The van der Waals surface area contributed by atoms with Gasteiger partial charge in [0.1, 0.15) is 6.04 Å². The zero-order valence-electron chi connectivity index (χ0n) is 12.0. The summed E-state index contributed by atoms with van der Waals surface area (Å²) < 4.78 is 27.1. The molecule has 0 unspecified atom stereocenters. The van der Waals surface area contributed by atoms with Crippen molar-refractivity contribution in [1.29, 1.82) is 0 Å². The van der Waals surface area contributed by atoms with Gasteiger partial charge in [-0.1, -0.05) is 29.8 Å². The largest absolute Gasteiger partial charge is 0.480 e. The molecule has 0 bridgehead atoms. The van der Waals surface area contributed by atoms with Crippen molar-refractivity contribution in [3.05, 3.63) is 28.2 Å². The number of carbonyl (C=O) groups is 2. The second-order valence-corrected chi connectivity index (χ2v) is 7.81. The summed E-state index contributed by atoms with van der Waals surface area (Å²) in [5.74, 6) is -2.05. The van der Waals surface area contributed by atoms with Crippen LogP contribution in [0.3, 0.4) is 0 Å². The lowest BCUT2D eigenvalue weighted by Gasteiger charge is -2.17. The van der Waals surface area contributed by atoms with E-state index >= 15 is 0 Å². The third-order valence-electron chi connectivity index (χ3n) is 2.77. The Morgan fingerprint density at radius 3 is 2.36 bits per heavy atom. The van der Waals surface area contributed by atoms with Crippen LogP contribution in [0.4, 0.5) is 0 Å². The van der Waals surface area contributed by atoms with Crippen LogP contribution in [0.15, 0.2) is 27.6 Å². The van der Waals surface area contributed by atoms with Gasteiger partial charge in [0.25, 0.3) is 0 Å². The molecule has 0 aliphatic rings. The number of carboxylic acid groups (broad SMARTS) is 1. The molecule has 0 heterocycles. The van der Waals surface area contributed by atoms with E-state index in [4.69, 9.17) is 10.8 Å². The number of aliphatic carboxylic acids is 1. The number of hydrogen-bond donors (Lipinski definition) is 3. The first-order valence-corrected chi connectivity index (χ1v) is 8.66. The van der Waals surface area contributed by atoms with Crippen LogP contribution in [0, 0.1) is 5.92 Å². The van der Waals surface area contributed by atoms with Crippen molar-refractivity contribution >= 4 is 37.8 Å². The number of nitrogens with two attached hydrogens (primary N) is 1. The highest BCUT2D eigenvalue weighted by molar-refractivity contribution is 9.10. The molecule has 0 saturated carbocycles. The van der Waals surface area contributed by atoms with E-state index in [1.807, 2.05) is 0 Å². The topological polar surface area (TPSA) is 127 Å². The van der Waals surface area contributed by atoms with E-state index in [0.717, 1.165) is 6.07 Å². The highest BCUT2D eigenvalue weighted by Crippen LogP contribution is 2.20. The van der Waals surface area contributed by atoms with Crippen molar-refractivity contribution in [2.75, 3.05) is 0 Å². The number of halogens is 1. The maximum Gasteiger partial charge on any atom is 0.321 e. The van der Waals surface area contributed by atoms with Gasteiger partial charge in [-0.3, -0.25) is 9.59 Å². The maximum absolute atomic E-state index is 12.3. The molecule has 4 N–H and O–H groups in total. The smallest absolute Gasteiger partial charge is 0.321 e. The number of carbonyl (C=O) groups excluding carboxylic acids is 1. The minimum absolute atomic E-state index is 0.00508. The van der Waals surface area contributed by atoms with Crippen LogP contribution in [0.5, 0.6) is 0 Å². The fourth-order valence-electron chi connectivity index (χ4n) is 1.79. The summed E-state index contributed by atoms with van der Waals surface area (Å²) in [6.45, 7) is 3.57. The van der Waals surface area contributed by atoms with Gasteiger partial charge in [-0.2, -0.15) is 4.72 Å². The number of benzene rings is 1. The predicted octanol–water partition coefficient (Wildman–Crippen LogP) is 1.33. The van der Waals surface area contributed by atoms with E-state index in [1.165, 1.54) is 12.1 Å². The Hall–Kier alpha value is -1.45. The maximum atomic E-state index is 12.3. The molecule has 0 fully saturated rings. The first-order chi connectivity index (χ1) is 10.0. The molecule has 1 aromatic rings. The normalized spacial score (nSPS) is 13.1. The fraction of sp³-hybridized carbons (Fsp3) is 0.385. The van der Waals surface area contributed by atoms with Gasteiger partial charge in [0.2, 0.25) is 15.9 Å². The third kappa shape index (κ3) is 5.08. The molecule has 1 amide bonds. The molecule has 0 aliphatic carbocycles. The summed E-state index contributed by atoms with van der Waals surface area (Å²) in [6.07, 6.45) is 0.144. The van der Waals surface area contributed by atoms with Crippen molar-refractivity contribution in [2.45, 2.75) is 31.2 Å². The molecule has 22 heavy (non-hydrogen) atoms. The summed E-state index contributed by atoms with van der Waals surface area (Å²) in [6, 6.07) is 2.50. The molecule has 0 saturated heterocycles. The van der Waals surface area contributed by atoms with E-state index in [9.17, 15) is 18.0 Å². The van der Waals surface area contributed by atoms with Crippen LogP contribution < -0.4 is 10.5 Å². The van der Waals surface area contributed by atoms with E-state index in [0.29, 0.717) is 4.47 Å². The van der Waals surface area contributed by atoms with Gasteiger partial charge in [-0.05, 0) is 30.5 Å². The molecule has 122 valence electrons. The van der Waals surface area contributed by atoms with Crippen LogP contribution in [-0.2, 0) is 14.8 Å². The van der Waals surface area contributed by atoms with E-state index < -0.39 is 27.9 Å². The monoisotopic (exact) mass is 392 g/mol. The van der Waals surface area contributed by atoms with Gasteiger partial charge < -0.3 is 10.8 Å². The number of nitrogens with one attached hydrogen (secondary N) is 1. The second-order valence-electron chi connectivity index (χ2n) is 5.18. The molecule has 7 nitrogen and oxygen atoms in total. The van der Waals surface area contributed by atoms with Crippen LogP contribution in [0.25, 0.3) is 0 Å². The lowest BCUT2D eigenvalue weighted by atomic mass is 10.1. The van der Waals surface area contributed by atoms with Gasteiger partial charge in [-0.15, -0.1) is 0 Å². The molecular formula is C13H17BrN2O5S. The number of hydrogen-bond acceptors (Lipinski definition) is 4. The zero-order valence-corrected chi connectivity index (χ0v) is 14.4. The fourth-order valence-corrected chi connectivity index (χ4v) is 3.70. The van der Waals surface area contributed by atoms with Gasteiger partial charge in [0, 0.05) is 10.0 Å². The predicted molar refractivity (Wildman–Crippen MR) is 83.9 cm³/mol. The summed E-state index contributed by atoms with van der Waals surface area (Å²) in [7, 11) is -4.10. The SMILES string of the molecule is CC(C)C[C@@H](NS(=O)(=O)c1cc(Br)cc(C(N)=O)c1)C(=O)O. The molecule has 0 aromatic heterocycles. The molecule has 1 atom stereocenters. The Kier molecular flexibility index (Phi) is 6.09. The average Bonchev–Trinajstić information content (AvgIpc) is 2.36. The van der Waals surface area contributed by atoms with Crippen molar-refractivity contribution in [3.63, 3.8) is 0 Å². The van der Waals surface area contributed by atoms with Gasteiger partial charge in [0.15, 0.2) is 0 Å². The van der Waals surface area contributed by atoms with Gasteiger partial charge in [0.05, 0.1) is 4.90 Å². The number of amides is 1. The minimum atomic E-state index is -4.10. The Balaban J connectivity index is 3.18. The Bertz CT molecular complexity index is 688. The number of rotatable bonds is 7. The highest BCUT2D eigenvalue weighted by Gasteiger charge is 2.26. The Morgan fingerprint density at radius 1 is 1.32 bits per heavy atom. The molecule has 1 rings (SSSR count). The Labute approximate surface area is 137 Å². The average molecular weight is 393 g/mol. The highest BCUT2D eigenvalue weighted by atomic mass is 79.9.